The van der Waals surface area contributed by atoms with Crippen molar-refractivity contribution in [3.63, 3.8) is 0 Å². The van der Waals surface area contributed by atoms with E-state index in [0.717, 1.165) is 53.7 Å². The van der Waals surface area contributed by atoms with Crippen molar-refractivity contribution in [2.75, 3.05) is 33.4 Å². The minimum absolute atomic E-state index is 0.131. The number of aromatic nitrogens is 1. The lowest BCUT2D eigenvalue weighted by Crippen LogP contribution is -2.32. The van der Waals surface area contributed by atoms with Crippen LogP contribution in [0.15, 0.2) is 47.3 Å². The van der Waals surface area contributed by atoms with E-state index in [2.05, 4.69) is 16.5 Å². The zero-order valence-corrected chi connectivity index (χ0v) is 16.6. The van der Waals surface area contributed by atoms with Crippen molar-refractivity contribution in [3.8, 4) is 0 Å². The summed E-state index contributed by atoms with van der Waals surface area (Å²) < 4.78 is 7.18. The second kappa shape index (κ2) is 9.51. The zero-order valence-electron chi connectivity index (χ0n) is 16.6. The molecule has 0 radical (unpaired) electrons. The van der Waals surface area contributed by atoms with Crippen LogP contribution >= 0.6 is 0 Å². The van der Waals surface area contributed by atoms with Crippen LogP contribution in [0, 0.1) is 6.92 Å². The van der Waals surface area contributed by atoms with Crippen molar-refractivity contribution in [3.05, 3.63) is 58.3 Å². The molecule has 26 heavy (non-hydrogen) atoms. The molecule has 140 valence electrons. The van der Waals surface area contributed by atoms with Gasteiger partial charge in [0.15, 0.2) is 5.43 Å². The van der Waals surface area contributed by atoms with Crippen molar-refractivity contribution in [2.24, 2.45) is 7.05 Å². The molecule has 0 amide bonds. The molecule has 0 unspecified atom stereocenters. The second-order valence-corrected chi connectivity index (χ2v) is 6.29. The quantitative estimate of drug-likeness (QED) is 0.573. The van der Waals surface area contributed by atoms with Gasteiger partial charge in [-0.3, -0.25) is 4.79 Å². The first-order valence-corrected chi connectivity index (χ1v) is 9.33. The molecular formula is C22H30N2O2. The van der Waals surface area contributed by atoms with Crippen LogP contribution in [0.25, 0.3) is 21.8 Å². The largest absolute Gasteiger partial charge is 0.379 e. The van der Waals surface area contributed by atoms with Gasteiger partial charge in [0.05, 0.1) is 24.2 Å². The highest BCUT2D eigenvalue weighted by Crippen LogP contribution is 2.19. The molecular weight excluding hydrogens is 324 g/mol. The van der Waals surface area contributed by atoms with Gasteiger partial charge in [-0.1, -0.05) is 38.1 Å². The number of para-hydroxylation sites is 1. The summed E-state index contributed by atoms with van der Waals surface area (Å²) in [5.41, 5.74) is 3.14. The standard InChI is InChI=1S/C15H13NO.C5H11NO.C2H6/c1-10-6-5-9-13-14(10)15(17)11-7-3-4-8-12(11)16(13)2;1-6-2-4-7-5-3-6;1-2/h3-9H,1-2H3;2-5H2,1H3;1-2H3. The van der Waals surface area contributed by atoms with Gasteiger partial charge in [0.25, 0.3) is 0 Å². The molecule has 1 saturated heterocycles. The minimum Gasteiger partial charge on any atom is -0.379 e. The maximum absolute atomic E-state index is 12.4. The number of nitrogens with zero attached hydrogens (tertiary/aromatic N) is 2. The molecule has 0 atom stereocenters. The number of likely N-dealkylation sites (N-methyl/N-ethyl adjacent to an activating group) is 1. The molecule has 2 aromatic carbocycles. The maximum Gasteiger partial charge on any atom is 0.197 e. The van der Waals surface area contributed by atoms with Crippen LogP contribution in [-0.2, 0) is 11.8 Å². The fourth-order valence-electron chi connectivity index (χ4n) is 3.10. The number of benzene rings is 2. The van der Waals surface area contributed by atoms with Crippen molar-refractivity contribution in [2.45, 2.75) is 20.8 Å². The predicted octanol–water partition coefficient (Wildman–Crippen LogP) is 3.97. The van der Waals surface area contributed by atoms with Crippen LogP contribution in [-0.4, -0.2) is 42.8 Å². The van der Waals surface area contributed by atoms with E-state index in [1.54, 1.807) is 0 Å². The Hall–Kier alpha value is -2.17. The average Bonchev–Trinajstić information content (AvgIpc) is 2.69. The minimum atomic E-state index is 0.131. The molecule has 2 heterocycles. The summed E-state index contributed by atoms with van der Waals surface area (Å²) in [6.45, 7) is 10.0. The summed E-state index contributed by atoms with van der Waals surface area (Å²) >= 11 is 0. The number of hydrogen-bond donors (Lipinski definition) is 0. The highest BCUT2D eigenvalue weighted by atomic mass is 16.5. The third-order valence-electron chi connectivity index (χ3n) is 4.58. The van der Waals surface area contributed by atoms with Crippen molar-refractivity contribution < 1.29 is 4.74 Å². The summed E-state index contributed by atoms with van der Waals surface area (Å²) in [6.07, 6.45) is 0. The Labute approximate surface area is 156 Å². The Morgan fingerprint density at radius 2 is 1.50 bits per heavy atom. The molecule has 4 heteroatoms. The first-order chi connectivity index (χ1) is 12.6. The first-order valence-electron chi connectivity index (χ1n) is 9.33. The van der Waals surface area contributed by atoms with E-state index < -0.39 is 0 Å². The van der Waals surface area contributed by atoms with Crippen LogP contribution in [0.1, 0.15) is 19.4 Å². The van der Waals surface area contributed by atoms with Gasteiger partial charge in [0.2, 0.25) is 0 Å². The number of aryl methyl sites for hydroxylation is 2. The monoisotopic (exact) mass is 354 g/mol. The lowest BCUT2D eigenvalue weighted by atomic mass is 10.1. The second-order valence-electron chi connectivity index (χ2n) is 6.29. The van der Waals surface area contributed by atoms with Gasteiger partial charge in [-0.05, 0) is 37.7 Å². The lowest BCUT2D eigenvalue weighted by molar-refractivity contribution is 0.0503. The van der Waals surface area contributed by atoms with Gasteiger partial charge in [-0.15, -0.1) is 0 Å². The van der Waals surface area contributed by atoms with Crippen molar-refractivity contribution in [1.29, 1.82) is 0 Å². The van der Waals surface area contributed by atoms with Gasteiger partial charge in [-0.2, -0.15) is 0 Å². The molecule has 0 aliphatic carbocycles. The summed E-state index contributed by atoms with van der Waals surface area (Å²) in [6, 6.07) is 13.7. The number of rotatable bonds is 0. The van der Waals surface area contributed by atoms with Crippen molar-refractivity contribution >= 4 is 21.8 Å². The number of hydrogen-bond acceptors (Lipinski definition) is 3. The molecule has 0 bridgehead atoms. The number of ether oxygens (including phenoxy) is 1. The SMILES string of the molecule is CC.CN1CCOCC1.Cc1cccc2c1c(=O)c1ccccc1n2C. The Morgan fingerprint density at radius 3 is 2.12 bits per heavy atom. The summed E-state index contributed by atoms with van der Waals surface area (Å²) in [5, 5.41) is 1.62. The van der Waals surface area contributed by atoms with Gasteiger partial charge < -0.3 is 14.2 Å². The molecule has 1 aliphatic heterocycles. The highest BCUT2D eigenvalue weighted by molar-refractivity contribution is 5.94. The molecule has 4 rings (SSSR count). The Kier molecular flexibility index (Phi) is 7.37. The Morgan fingerprint density at radius 1 is 0.885 bits per heavy atom. The first kappa shape index (κ1) is 20.1. The molecule has 1 aliphatic rings. The van der Waals surface area contributed by atoms with Gasteiger partial charge in [0.1, 0.15) is 0 Å². The Balaban J connectivity index is 0.000000227. The van der Waals surface area contributed by atoms with Gasteiger partial charge in [0, 0.05) is 30.9 Å². The number of morpholine rings is 1. The van der Waals surface area contributed by atoms with E-state index in [9.17, 15) is 4.79 Å². The highest BCUT2D eigenvalue weighted by Gasteiger charge is 2.09. The topological polar surface area (TPSA) is 34.5 Å². The smallest absolute Gasteiger partial charge is 0.197 e. The predicted molar refractivity (Wildman–Crippen MR) is 111 cm³/mol. The van der Waals surface area contributed by atoms with E-state index in [4.69, 9.17) is 4.74 Å². The Bertz CT molecular complexity index is 909. The van der Waals surface area contributed by atoms with E-state index in [1.807, 2.05) is 70.3 Å². The average molecular weight is 354 g/mol. The van der Waals surface area contributed by atoms with Crippen LogP contribution < -0.4 is 5.43 Å². The van der Waals surface area contributed by atoms with Crippen LogP contribution in [0.5, 0.6) is 0 Å². The van der Waals surface area contributed by atoms with Gasteiger partial charge >= 0.3 is 0 Å². The number of fused-ring (bicyclic) bond motifs is 2. The van der Waals surface area contributed by atoms with E-state index in [-0.39, 0.29) is 5.43 Å². The fourth-order valence-corrected chi connectivity index (χ4v) is 3.10. The third-order valence-corrected chi connectivity index (χ3v) is 4.58. The molecule has 4 nitrogen and oxygen atoms in total. The van der Waals surface area contributed by atoms with Crippen LogP contribution in [0.4, 0.5) is 0 Å². The lowest BCUT2D eigenvalue weighted by Gasteiger charge is -2.21. The summed E-state index contributed by atoms with van der Waals surface area (Å²) in [5.74, 6) is 0. The van der Waals surface area contributed by atoms with E-state index >= 15 is 0 Å². The normalized spacial score (nSPS) is 14.3. The zero-order chi connectivity index (χ0) is 19.1. The molecule has 0 spiro atoms. The summed E-state index contributed by atoms with van der Waals surface area (Å²) in [4.78, 5) is 14.7. The van der Waals surface area contributed by atoms with Crippen LogP contribution in [0.2, 0.25) is 0 Å². The molecule has 1 fully saturated rings. The molecule has 1 aromatic heterocycles. The molecule has 3 aromatic rings. The van der Waals surface area contributed by atoms with Gasteiger partial charge in [-0.25, -0.2) is 0 Å². The maximum atomic E-state index is 12.4. The van der Waals surface area contributed by atoms with Crippen LogP contribution in [0.3, 0.4) is 0 Å². The fraction of sp³-hybridized carbons (Fsp3) is 0.409. The van der Waals surface area contributed by atoms with Crippen molar-refractivity contribution in [1.82, 2.24) is 9.47 Å². The third kappa shape index (κ3) is 4.32. The van der Waals surface area contributed by atoms with E-state index in [0.29, 0.717) is 0 Å². The molecule has 0 N–H and O–H groups in total. The number of pyridine rings is 1. The summed E-state index contributed by atoms with van der Waals surface area (Å²) in [7, 11) is 4.12. The molecule has 0 saturated carbocycles. The van der Waals surface area contributed by atoms with E-state index in [1.165, 1.54) is 0 Å².